The van der Waals surface area contributed by atoms with Crippen molar-refractivity contribution in [2.24, 2.45) is 11.3 Å². The van der Waals surface area contributed by atoms with Gasteiger partial charge in [0.05, 0.1) is 18.0 Å². The van der Waals surface area contributed by atoms with Gasteiger partial charge in [-0.05, 0) is 55.4 Å². The molecule has 0 radical (unpaired) electrons. The van der Waals surface area contributed by atoms with Crippen LogP contribution in [0.3, 0.4) is 0 Å². The molecule has 1 saturated heterocycles. The van der Waals surface area contributed by atoms with Gasteiger partial charge in [0.2, 0.25) is 5.91 Å². The van der Waals surface area contributed by atoms with Crippen molar-refractivity contribution >= 4 is 17.5 Å². The molecule has 1 aromatic carbocycles. The van der Waals surface area contributed by atoms with E-state index in [2.05, 4.69) is 23.3 Å². The Kier molecular flexibility index (Phi) is 5.38. The van der Waals surface area contributed by atoms with E-state index in [1.54, 1.807) is 24.3 Å². The second kappa shape index (κ2) is 7.71. The monoisotopic (exact) mass is 353 g/mol. The van der Waals surface area contributed by atoms with Gasteiger partial charge in [0.1, 0.15) is 0 Å². The lowest BCUT2D eigenvalue weighted by atomic mass is 9.74. The summed E-state index contributed by atoms with van der Waals surface area (Å²) in [6, 6.07) is 8.95. The number of anilines is 1. The molecule has 2 fully saturated rings. The van der Waals surface area contributed by atoms with Crippen molar-refractivity contribution in [2.45, 2.75) is 31.7 Å². The first-order valence-corrected chi connectivity index (χ1v) is 8.90. The fourth-order valence-electron chi connectivity index (χ4n) is 4.08. The molecule has 1 heterocycles. The summed E-state index contributed by atoms with van der Waals surface area (Å²) in [5.74, 6) is -0.734. The van der Waals surface area contributed by atoms with Crippen LogP contribution in [0.1, 0.15) is 36.0 Å². The first-order chi connectivity index (χ1) is 12.6. The number of rotatable bonds is 4. The van der Waals surface area contributed by atoms with E-state index < -0.39 is 0 Å². The molecule has 1 aromatic rings. The van der Waals surface area contributed by atoms with Crippen LogP contribution in [0.15, 0.2) is 36.9 Å². The summed E-state index contributed by atoms with van der Waals surface area (Å²) in [5.41, 5.74) is 0.937. The smallest absolute Gasteiger partial charge is 0.251 e. The fourth-order valence-corrected chi connectivity index (χ4v) is 4.08. The molecule has 2 aliphatic rings. The van der Waals surface area contributed by atoms with E-state index in [4.69, 9.17) is 4.74 Å². The molecule has 1 saturated carbocycles. The van der Waals surface area contributed by atoms with E-state index in [0.717, 1.165) is 25.7 Å². The maximum atomic E-state index is 12.8. The number of nitriles is 1. The third kappa shape index (κ3) is 3.63. The molecular formula is C20H23N3O3. The van der Waals surface area contributed by atoms with Gasteiger partial charge in [0, 0.05) is 24.5 Å². The predicted molar refractivity (Wildman–Crippen MR) is 97.3 cm³/mol. The van der Waals surface area contributed by atoms with Crippen molar-refractivity contribution in [1.82, 2.24) is 5.32 Å². The molecule has 1 aliphatic heterocycles. The highest BCUT2D eigenvalue weighted by Gasteiger charge is 2.49. The molecular weight excluding hydrogens is 330 g/mol. The third-order valence-corrected chi connectivity index (χ3v) is 5.53. The molecule has 1 aliphatic carbocycles. The largest absolute Gasteiger partial charge is 0.381 e. The lowest BCUT2D eigenvalue weighted by Gasteiger charge is -2.39. The minimum absolute atomic E-state index is 0.0526. The highest BCUT2D eigenvalue weighted by atomic mass is 16.5. The predicted octanol–water partition coefficient (Wildman–Crippen LogP) is 2.64. The van der Waals surface area contributed by atoms with Crippen LogP contribution in [0.4, 0.5) is 5.69 Å². The Morgan fingerprint density at radius 2 is 2.08 bits per heavy atom. The summed E-state index contributed by atoms with van der Waals surface area (Å²) in [7, 11) is 0. The molecule has 6 nitrogen and oxygen atoms in total. The molecule has 1 spiro atoms. The number of ether oxygens (including phenoxy) is 1. The van der Waals surface area contributed by atoms with E-state index in [1.165, 1.54) is 6.08 Å². The number of nitrogens with one attached hydrogen (secondary N) is 2. The molecule has 26 heavy (non-hydrogen) atoms. The zero-order valence-electron chi connectivity index (χ0n) is 14.7. The van der Waals surface area contributed by atoms with Gasteiger partial charge in [-0.25, -0.2) is 0 Å². The van der Waals surface area contributed by atoms with Crippen molar-refractivity contribution in [2.75, 3.05) is 18.5 Å². The normalized spacial score (nSPS) is 23.8. The van der Waals surface area contributed by atoms with Crippen LogP contribution in [0.5, 0.6) is 0 Å². The van der Waals surface area contributed by atoms with E-state index in [9.17, 15) is 14.9 Å². The lowest BCUT2D eigenvalue weighted by Crippen LogP contribution is -2.49. The average molecular weight is 353 g/mol. The summed E-state index contributed by atoms with van der Waals surface area (Å²) in [6.07, 6.45) is 4.65. The molecule has 2 atom stereocenters. The Labute approximate surface area is 153 Å². The van der Waals surface area contributed by atoms with E-state index in [0.29, 0.717) is 24.5 Å². The number of hydrogen-bond donors (Lipinski definition) is 2. The number of nitrogens with zero attached hydrogens (tertiary/aromatic N) is 1. The molecule has 0 bridgehead atoms. The third-order valence-electron chi connectivity index (χ3n) is 5.53. The first-order valence-electron chi connectivity index (χ1n) is 8.90. The second-order valence-electron chi connectivity index (χ2n) is 6.97. The second-order valence-corrected chi connectivity index (χ2v) is 6.97. The van der Waals surface area contributed by atoms with Crippen LogP contribution < -0.4 is 10.6 Å². The van der Waals surface area contributed by atoms with Gasteiger partial charge in [0.15, 0.2) is 0 Å². The molecule has 0 aromatic heterocycles. The van der Waals surface area contributed by atoms with Crippen LogP contribution in [0, 0.1) is 22.7 Å². The van der Waals surface area contributed by atoms with E-state index in [1.807, 2.05) is 0 Å². The molecule has 136 valence electrons. The Morgan fingerprint density at radius 3 is 2.77 bits per heavy atom. The van der Waals surface area contributed by atoms with Gasteiger partial charge in [-0.1, -0.05) is 12.6 Å². The highest BCUT2D eigenvalue weighted by molar-refractivity contribution is 6.00. The van der Waals surface area contributed by atoms with E-state index in [-0.39, 0.29) is 29.2 Å². The summed E-state index contributed by atoms with van der Waals surface area (Å²) >= 11 is 0. The number of carbonyl (C=O) groups is 2. The van der Waals surface area contributed by atoms with Gasteiger partial charge < -0.3 is 15.4 Å². The van der Waals surface area contributed by atoms with Crippen molar-refractivity contribution in [3.63, 3.8) is 0 Å². The minimum Gasteiger partial charge on any atom is -0.381 e. The molecule has 2 unspecified atom stereocenters. The number of benzene rings is 1. The molecule has 2 N–H and O–H groups in total. The summed E-state index contributed by atoms with van der Waals surface area (Å²) in [6.45, 7) is 4.77. The van der Waals surface area contributed by atoms with E-state index >= 15 is 0 Å². The molecule has 6 heteroatoms. The van der Waals surface area contributed by atoms with Crippen LogP contribution >= 0.6 is 0 Å². The zero-order valence-corrected chi connectivity index (χ0v) is 14.7. The van der Waals surface area contributed by atoms with Crippen molar-refractivity contribution in [1.29, 1.82) is 5.26 Å². The minimum atomic E-state index is -0.330. The van der Waals surface area contributed by atoms with Crippen LogP contribution in [-0.2, 0) is 9.53 Å². The lowest BCUT2D eigenvalue weighted by molar-refractivity contribution is -0.111. The van der Waals surface area contributed by atoms with Crippen LogP contribution in [-0.4, -0.2) is 31.1 Å². The van der Waals surface area contributed by atoms with Gasteiger partial charge in [-0.3, -0.25) is 9.59 Å². The molecule has 2 amide bonds. The standard InChI is InChI=1S/C20H23N3O3/c1-2-17(24)22-16-5-3-4-14(12-16)19(25)23-18-15(13-21)6-7-20(18)8-10-26-11-9-20/h2-5,12,15,18H,1,6-11H2,(H,22,24)(H,23,25). The Hall–Kier alpha value is -2.65. The Bertz CT molecular complexity index is 747. The van der Waals surface area contributed by atoms with Crippen molar-refractivity contribution in [3.05, 3.63) is 42.5 Å². The number of carbonyl (C=O) groups excluding carboxylic acids is 2. The van der Waals surface area contributed by atoms with Gasteiger partial charge in [-0.2, -0.15) is 5.26 Å². The maximum absolute atomic E-state index is 12.8. The average Bonchev–Trinajstić information content (AvgIpc) is 2.99. The summed E-state index contributed by atoms with van der Waals surface area (Å²) in [5, 5.41) is 15.3. The topological polar surface area (TPSA) is 91.2 Å². The first kappa shape index (κ1) is 18.2. The van der Waals surface area contributed by atoms with Gasteiger partial charge in [0.25, 0.3) is 5.91 Å². The van der Waals surface area contributed by atoms with Gasteiger partial charge in [-0.15, -0.1) is 0 Å². The SMILES string of the molecule is C=CC(=O)Nc1cccc(C(=O)NC2C(C#N)CCC23CCOCC3)c1. The van der Waals surface area contributed by atoms with Gasteiger partial charge >= 0.3 is 0 Å². The quantitative estimate of drug-likeness (QED) is 0.814. The zero-order chi connectivity index (χ0) is 18.6. The van der Waals surface area contributed by atoms with Crippen LogP contribution in [0.25, 0.3) is 0 Å². The number of hydrogen-bond acceptors (Lipinski definition) is 4. The maximum Gasteiger partial charge on any atom is 0.251 e. The van der Waals surface area contributed by atoms with Crippen molar-refractivity contribution < 1.29 is 14.3 Å². The number of amides is 2. The highest BCUT2D eigenvalue weighted by Crippen LogP contribution is 2.48. The van der Waals surface area contributed by atoms with Crippen LogP contribution in [0.2, 0.25) is 0 Å². The Morgan fingerprint density at radius 1 is 1.31 bits per heavy atom. The summed E-state index contributed by atoms with van der Waals surface area (Å²) < 4.78 is 5.48. The van der Waals surface area contributed by atoms with Crippen molar-refractivity contribution in [3.8, 4) is 6.07 Å². The molecule has 3 rings (SSSR count). The summed E-state index contributed by atoms with van der Waals surface area (Å²) in [4.78, 5) is 24.3. The Balaban J connectivity index is 1.77. The fraction of sp³-hybridized carbons (Fsp3) is 0.450.